The maximum Gasteiger partial charge on any atom is 0.224 e. The molecule has 0 aliphatic rings. The molecule has 0 aliphatic heterocycles. The number of carbonyl (C=O) groups excluding carboxylic acids is 1. The Morgan fingerprint density at radius 3 is 2.50 bits per heavy atom. The van der Waals surface area contributed by atoms with E-state index in [2.05, 4.69) is 10.0 Å². The van der Waals surface area contributed by atoms with Crippen LogP contribution >= 0.6 is 0 Å². The minimum atomic E-state index is -3.26. The Bertz CT molecular complexity index is 303. The number of carbonyl (C=O) groups is 1. The van der Waals surface area contributed by atoms with E-state index < -0.39 is 10.0 Å². The summed E-state index contributed by atoms with van der Waals surface area (Å²) < 4.78 is 24.3. The SMILES string of the molecule is CCCC(CN)C(=O)NCCS(=O)(=O)NC. The third-order valence-corrected chi connectivity index (χ3v) is 3.64. The zero-order chi connectivity index (χ0) is 12.6. The summed E-state index contributed by atoms with van der Waals surface area (Å²) in [6.07, 6.45) is 1.60. The molecule has 0 aromatic carbocycles. The molecule has 0 saturated carbocycles. The third-order valence-electron chi connectivity index (χ3n) is 2.27. The molecule has 0 aliphatic carbocycles. The minimum absolute atomic E-state index is 0.112. The van der Waals surface area contributed by atoms with Gasteiger partial charge in [0.1, 0.15) is 0 Å². The van der Waals surface area contributed by atoms with Gasteiger partial charge in [0.25, 0.3) is 0 Å². The summed E-state index contributed by atoms with van der Waals surface area (Å²) >= 11 is 0. The van der Waals surface area contributed by atoms with Crippen molar-refractivity contribution >= 4 is 15.9 Å². The van der Waals surface area contributed by atoms with Crippen molar-refractivity contribution in [1.82, 2.24) is 10.0 Å². The molecule has 0 aromatic rings. The van der Waals surface area contributed by atoms with Crippen molar-refractivity contribution in [2.75, 3.05) is 25.9 Å². The van der Waals surface area contributed by atoms with Crippen LogP contribution in [0.25, 0.3) is 0 Å². The van der Waals surface area contributed by atoms with Crippen molar-refractivity contribution in [3.63, 3.8) is 0 Å². The van der Waals surface area contributed by atoms with Gasteiger partial charge in [-0.15, -0.1) is 0 Å². The standard InChI is InChI=1S/C9H21N3O3S/c1-3-4-8(7-10)9(13)12-5-6-16(14,15)11-2/h8,11H,3-7,10H2,1-2H3,(H,12,13). The highest BCUT2D eigenvalue weighted by atomic mass is 32.2. The van der Waals surface area contributed by atoms with Gasteiger partial charge >= 0.3 is 0 Å². The first-order chi connectivity index (χ1) is 7.46. The lowest BCUT2D eigenvalue weighted by atomic mass is 10.0. The van der Waals surface area contributed by atoms with E-state index in [-0.39, 0.29) is 24.1 Å². The second kappa shape index (κ2) is 7.59. The van der Waals surface area contributed by atoms with Crippen LogP contribution in [0.1, 0.15) is 19.8 Å². The molecule has 7 heteroatoms. The number of hydrogen-bond acceptors (Lipinski definition) is 4. The Balaban J connectivity index is 3.97. The van der Waals surface area contributed by atoms with Crippen LogP contribution in [0.5, 0.6) is 0 Å². The van der Waals surface area contributed by atoms with Gasteiger partial charge in [-0.2, -0.15) is 0 Å². The van der Waals surface area contributed by atoms with Crippen LogP contribution in [0.2, 0.25) is 0 Å². The first-order valence-electron chi connectivity index (χ1n) is 5.35. The molecule has 4 N–H and O–H groups in total. The number of nitrogens with one attached hydrogen (secondary N) is 2. The Labute approximate surface area is 97.0 Å². The van der Waals surface area contributed by atoms with E-state index in [4.69, 9.17) is 5.73 Å². The predicted octanol–water partition coefficient (Wildman–Crippen LogP) is -0.973. The summed E-state index contributed by atoms with van der Waals surface area (Å²) in [5.74, 6) is -0.503. The fourth-order valence-electron chi connectivity index (χ4n) is 1.26. The lowest BCUT2D eigenvalue weighted by Gasteiger charge is -2.13. The summed E-state index contributed by atoms with van der Waals surface area (Å²) in [5.41, 5.74) is 5.45. The van der Waals surface area contributed by atoms with Crippen molar-refractivity contribution in [2.24, 2.45) is 11.7 Å². The Kier molecular flexibility index (Phi) is 7.27. The molecule has 0 saturated heterocycles. The van der Waals surface area contributed by atoms with Crippen molar-refractivity contribution in [3.05, 3.63) is 0 Å². The van der Waals surface area contributed by atoms with Crippen LogP contribution < -0.4 is 15.8 Å². The molecule has 0 bridgehead atoms. The number of sulfonamides is 1. The van der Waals surface area contributed by atoms with Gasteiger partial charge < -0.3 is 11.1 Å². The molecule has 16 heavy (non-hydrogen) atoms. The molecule has 1 atom stereocenters. The topological polar surface area (TPSA) is 101 Å². The number of hydrogen-bond donors (Lipinski definition) is 3. The van der Waals surface area contributed by atoms with E-state index in [0.29, 0.717) is 6.54 Å². The summed E-state index contributed by atoms with van der Waals surface area (Å²) in [4.78, 5) is 11.5. The number of rotatable bonds is 8. The van der Waals surface area contributed by atoms with E-state index in [0.717, 1.165) is 12.8 Å². The normalized spacial score (nSPS) is 13.4. The smallest absolute Gasteiger partial charge is 0.224 e. The summed E-state index contributed by atoms with van der Waals surface area (Å²) in [5, 5.41) is 2.57. The molecule has 0 fully saturated rings. The summed E-state index contributed by atoms with van der Waals surface area (Å²) in [6.45, 7) is 2.38. The highest BCUT2D eigenvalue weighted by Gasteiger charge is 2.16. The molecular weight excluding hydrogens is 230 g/mol. The van der Waals surface area contributed by atoms with E-state index >= 15 is 0 Å². The van der Waals surface area contributed by atoms with Gasteiger partial charge in [0.15, 0.2) is 0 Å². The molecule has 1 amide bonds. The molecule has 1 unspecified atom stereocenters. The second-order valence-corrected chi connectivity index (χ2v) is 5.58. The Hall–Kier alpha value is -0.660. The molecule has 0 spiro atoms. The van der Waals surface area contributed by atoms with Crippen molar-refractivity contribution in [1.29, 1.82) is 0 Å². The molecular formula is C9H21N3O3S. The van der Waals surface area contributed by atoms with Gasteiger partial charge in [-0.25, -0.2) is 13.1 Å². The van der Waals surface area contributed by atoms with Crippen molar-refractivity contribution < 1.29 is 13.2 Å². The largest absolute Gasteiger partial charge is 0.355 e. The van der Waals surface area contributed by atoms with Crippen molar-refractivity contribution in [3.8, 4) is 0 Å². The summed E-state index contributed by atoms with van der Waals surface area (Å²) in [6, 6.07) is 0. The maximum atomic E-state index is 11.5. The van der Waals surface area contributed by atoms with E-state index in [9.17, 15) is 13.2 Å². The predicted molar refractivity (Wildman–Crippen MR) is 63.3 cm³/mol. The lowest BCUT2D eigenvalue weighted by Crippen LogP contribution is -2.38. The fourth-order valence-corrected chi connectivity index (χ4v) is 1.83. The zero-order valence-corrected chi connectivity index (χ0v) is 10.6. The average molecular weight is 251 g/mol. The van der Waals surface area contributed by atoms with E-state index in [1.54, 1.807) is 0 Å². The van der Waals surface area contributed by atoms with E-state index in [1.807, 2.05) is 6.92 Å². The maximum absolute atomic E-state index is 11.5. The number of amides is 1. The molecule has 96 valence electrons. The highest BCUT2D eigenvalue weighted by Crippen LogP contribution is 2.03. The molecule has 0 radical (unpaired) electrons. The van der Waals surface area contributed by atoms with Gasteiger partial charge in [-0.3, -0.25) is 4.79 Å². The van der Waals surface area contributed by atoms with Crippen molar-refractivity contribution in [2.45, 2.75) is 19.8 Å². The first-order valence-corrected chi connectivity index (χ1v) is 7.01. The van der Waals surface area contributed by atoms with Crippen LogP contribution in [0.15, 0.2) is 0 Å². The number of nitrogens with two attached hydrogens (primary N) is 1. The third kappa shape index (κ3) is 6.04. The lowest BCUT2D eigenvalue weighted by molar-refractivity contribution is -0.124. The average Bonchev–Trinajstić information content (AvgIpc) is 2.25. The Morgan fingerprint density at radius 2 is 2.06 bits per heavy atom. The van der Waals surface area contributed by atoms with Crippen LogP contribution in [0, 0.1) is 5.92 Å². The molecule has 6 nitrogen and oxygen atoms in total. The summed E-state index contributed by atoms with van der Waals surface area (Å²) in [7, 11) is -1.91. The van der Waals surface area contributed by atoms with Crippen LogP contribution in [0.4, 0.5) is 0 Å². The molecule has 0 rings (SSSR count). The molecule has 0 aromatic heterocycles. The van der Waals surface area contributed by atoms with E-state index in [1.165, 1.54) is 7.05 Å². The van der Waals surface area contributed by atoms with Crippen LogP contribution in [0.3, 0.4) is 0 Å². The minimum Gasteiger partial charge on any atom is -0.355 e. The van der Waals surface area contributed by atoms with Gasteiger partial charge in [0, 0.05) is 13.1 Å². The van der Waals surface area contributed by atoms with Crippen LogP contribution in [-0.2, 0) is 14.8 Å². The second-order valence-electron chi connectivity index (χ2n) is 3.54. The highest BCUT2D eigenvalue weighted by molar-refractivity contribution is 7.89. The molecule has 0 heterocycles. The quantitative estimate of drug-likeness (QED) is 0.516. The first kappa shape index (κ1) is 15.3. The Morgan fingerprint density at radius 1 is 1.44 bits per heavy atom. The van der Waals surface area contributed by atoms with Gasteiger partial charge in [0.05, 0.1) is 11.7 Å². The van der Waals surface area contributed by atoms with Gasteiger partial charge in [-0.05, 0) is 13.5 Å². The van der Waals surface area contributed by atoms with Gasteiger partial charge in [-0.1, -0.05) is 13.3 Å². The fraction of sp³-hybridized carbons (Fsp3) is 0.889. The van der Waals surface area contributed by atoms with Crippen LogP contribution in [-0.4, -0.2) is 40.2 Å². The zero-order valence-electron chi connectivity index (χ0n) is 9.82. The van der Waals surface area contributed by atoms with Gasteiger partial charge in [0.2, 0.25) is 15.9 Å². The monoisotopic (exact) mass is 251 g/mol.